The lowest BCUT2D eigenvalue weighted by molar-refractivity contribution is -0.143. The summed E-state index contributed by atoms with van der Waals surface area (Å²) in [5.41, 5.74) is 0. The molecule has 128 valence electrons. The van der Waals surface area contributed by atoms with Gasteiger partial charge in [-0.3, -0.25) is 0 Å². The van der Waals surface area contributed by atoms with E-state index in [1.54, 1.807) is 11.8 Å². The van der Waals surface area contributed by atoms with Gasteiger partial charge in [0.1, 0.15) is 12.1 Å². The molecule has 0 aliphatic carbocycles. The van der Waals surface area contributed by atoms with Gasteiger partial charge in [0.25, 0.3) is 0 Å². The first kappa shape index (κ1) is 20.6. The van der Waals surface area contributed by atoms with Crippen molar-refractivity contribution in [1.82, 2.24) is 10.6 Å². The Labute approximate surface area is 135 Å². The first-order chi connectivity index (χ1) is 10.3. The maximum absolute atomic E-state index is 12.0. The molecular formula is C14H26N2O5S. The van der Waals surface area contributed by atoms with Crippen LogP contribution in [0.15, 0.2) is 0 Å². The summed E-state index contributed by atoms with van der Waals surface area (Å²) in [5.74, 6) is -0.116. The standard InChI is InChI=1S/C14H26N2O5S/c1-9(2)8-11(13(18)21-4)16-14(19)15-10(6-7-22-5)12(17)20-3/h9-11H,6-8H2,1-5H3,(H2,15,16,19)/t10-,11-/m0/s1. The highest BCUT2D eigenvalue weighted by atomic mass is 32.2. The van der Waals surface area contributed by atoms with Crippen LogP contribution in [0.2, 0.25) is 0 Å². The Morgan fingerprint density at radius 3 is 1.95 bits per heavy atom. The summed E-state index contributed by atoms with van der Waals surface area (Å²) in [5, 5.41) is 5.09. The van der Waals surface area contributed by atoms with E-state index >= 15 is 0 Å². The van der Waals surface area contributed by atoms with Crippen LogP contribution in [-0.2, 0) is 19.1 Å². The van der Waals surface area contributed by atoms with Crippen LogP contribution < -0.4 is 10.6 Å². The Kier molecular flexibility index (Phi) is 10.4. The number of carbonyl (C=O) groups is 3. The van der Waals surface area contributed by atoms with Crippen molar-refractivity contribution in [2.24, 2.45) is 5.92 Å². The average Bonchev–Trinajstić information content (AvgIpc) is 2.48. The number of carbonyl (C=O) groups excluding carboxylic acids is 3. The highest BCUT2D eigenvalue weighted by Gasteiger charge is 2.26. The van der Waals surface area contributed by atoms with E-state index in [1.165, 1.54) is 14.2 Å². The molecule has 0 spiro atoms. The maximum Gasteiger partial charge on any atom is 0.328 e. The van der Waals surface area contributed by atoms with Crippen molar-refractivity contribution in [1.29, 1.82) is 0 Å². The molecule has 0 unspecified atom stereocenters. The fourth-order valence-electron chi connectivity index (χ4n) is 1.81. The number of rotatable bonds is 9. The Morgan fingerprint density at radius 2 is 1.50 bits per heavy atom. The lowest BCUT2D eigenvalue weighted by Gasteiger charge is -2.21. The van der Waals surface area contributed by atoms with E-state index in [-0.39, 0.29) is 5.92 Å². The van der Waals surface area contributed by atoms with Gasteiger partial charge in [-0.1, -0.05) is 13.8 Å². The normalized spacial score (nSPS) is 13.2. The molecule has 7 nitrogen and oxygen atoms in total. The number of nitrogens with one attached hydrogen (secondary N) is 2. The van der Waals surface area contributed by atoms with Crippen LogP contribution in [-0.4, -0.2) is 56.3 Å². The summed E-state index contributed by atoms with van der Waals surface area (Å²) < 4.78 is 9.34. The van der Waals surface area contributed by atoms with Crippen LogP contribution in [0.4, 0.5) is 4.79 Å². The molecule has 0 rings (SSSR count). The van der Waals surface area contributed by atoms with Crippen molar-refractivity contribution >= 4 is 29.7 Å². The van der Waals surface area contributed by atoms with E-state index in [9.17, 15) is 14.4 Å². The summed E-state index contributed by atoms with van der Waals surface area (Å²) in [6.07, 6.45) is 2.81. The van der Waals surface area contributed by atoms with E-state index in [1.807, 2.05) is 20.1 Å². The van der Waals surface area contributed by atoms with E-state index in [0.717, 1.165) is 0 Å². The molecule has 8 heteroatoms. The van der Waals surface area contributed by atoms with Crippen molar-refractivity contribution in [3.63, 3.8) is 0 Å². The number of thioether (sulfide) groups is 1. The molecule has 0 aromatic carbocycles. The third-order valence-electron chi connectivity index (χ3n) is 2.90. The highest BCUT2D eigenvalue weighted by Crippen LogP contribution is 2.07. The van der Waals surface area contributed by atoms with Gasteiger partial charge in [0.05, 0.1) is 14.2 Å². The molecule has 0 aliphatic heterocycles. The molecule has 2 atom stereocenters. The summed E-state index contributed by atoms with van der Waals surface area (Å²) in [6, 6.07) is -2.08. The van der Waals surface area contributed by atoms with Crippen LogP contribution in [0.3, 0.4) is 0 Å². The summed E-state index contributed by atoms with van der Waals surface area (Å²) >= 11 is 1.56. The van der Waals surface area contributed by atoms with Gasteiger partial charge in [-0.2, -0.15) is 11.8 Å². The minimum absolute atomic E-state index is 0.206. The molecule has 2 N–H and O–H groups in total. The molecule has 2 amide bonds. The van der Waals surface area contributed by atoms with Crippen molar-refractivity contribution in [2.45, 2.75) is 38.8 Å². The number of hydrogen-bond acceptors (Lipinski definition) is 6. The van der Waals surface area contributed by atoms with E-state index < -0.39 is 30.1 Å². The Balaban J connectivity index is 4.68. The van der Waals surface area contributed by atoms with Crippen molar-refractivity contribution < 1.29 is 23.9 Å². The van der Waals surface area contributed by atoms with Crippen LogP contribution >= 0.6 is 11.8 Å². The summed E-state index contributed by atoms with van der Waals surface area (Å²) in [4.78, 5) is 35.3. The lowest BCUT2D eigenvalue weighted by Crippen LogP contribution is -2.52. The van der Waals surface area contributed by atoms with Crippen molar-refractivity contribution in [3.8, 4) is 0 Å². The van der Waals surface area contributed by atoms with E-state index in [4.69, 9.17) is 0 Å². The van der Waals surface area contributed by atoms with Crippen molar-refractivity contribution in [2.75, 3.05) is 26.2 Å². The van der Waals surface area contributed by atoms with E-state index in [0.29, 0.717) is 18.6 Å². The zero-order valence-corrected chi connectivity index (χ0v) is 14.6. The topological polar surface area (TPSA) is 93.7 Å². The van der Waals surface area contributed by atoms with Crippen LogP contribution in [0.25, 0.3) is 0 Å². The van der Waals surface area contributed by atoms with Gasteiger partial charge in [-0.25, -0.2) is 14.4 Å². The van der Waals surface area contributed by atoms with Crippen LogP contribution in [0.5, 0.6) is 0 Å². The smallest absolute Gasteiger partial charge is 0.328 e. The maximum atomic E-state index is 12.0. The molecule has 22 heavy (non-hydrogen) atoms. The van der Waals surface area contributed by atoms with Gasteiger partial charge in [-0.15, -0.1) is 0 Å². The second kappa shape index (κ2) is 11.2. The number of urea groups is 1. The summed E-state index contributed by atoms with van der Waals surface area (Å²) in [6.45, 7) is 3.87. The quantitative estimate of drug-likeness (QED) is 0.615. The molecule has 0 aromatic rings. The second-order valence-electron chi connectivity index (χ2n) is 5.18. The predicted molar refractivity (Wildman–Crippen MR) is 85.7 cm³/mol. The molecule has 0 saturated carbocycles. The molecule has 0 bridgehead atoms. The molecule has 0 aromatic heterocycles. The third-order valence-corrected chi connectivity index (χ3v) is 3.54. The first-order valence-corrected chi connectivity index (χ1v) is 8.46. The predicted octanol–water partition coefficient (Wildman–Crippen LogP) is 1.17. The Bertz CT molecular complexity index is 376. The molecular weight excluding hydrogens is 308 g/mol. The minimum atomic E-state index is -0.746. The fraction of sp³-hybridized carbons (Fsp3) is 0.786. The number of ether oxygens (including phenoxy) is 2. The lowest BCUT2D eigenvalue weighted by atomic mass is 10.0. The molecule has 0 fully saturated rings. The third kappa shape index (κ3) is 8.11. The van der Waals surface area contributed by atoms with Gasteiger partial charge >= 0.3 is 18.0 Å². The molecule has 0 radical (unpaired) electrons. The fourth-order valence-corrected chi connectivity index (χ4v) is 2.28. The second-order valence-corrected chi connectivity index (χ2v) is 6.17. The van der Waals surface area contributed by atoms with Gasteiger partial charge < -0.3 is 20.1 Å². The Morgan fingerprint density at radius 1 is 1.00 bits per heavy atom. The van der Waals surface area contributed by atoms with E-state index in [2.05, 4.69) is 20.1 Å². The molecule has 0 heterocycles. The molecule has 0 aliphatic rings. The van der Waals surface area contributed by atoms with Gasteiger partial charge in [0.2, 0.25) is 0 Å². The number of hydrogen-bond donors (Lipinski definition) is 2. The average molecular weight is 334 g/mol. The summed E-state index contributed by atoms with van der Waals surface area (Å²) in [7, 11) is 2.54. The van der Waals surface area contributed by atoms with Gasteiger partial charge in [0.15, 0.2) is 0 Å². The van der Waals surface area contributed by atoms with Crippen LogP contribution in [0.1, 0.15) is 26.7 Å². The zero-order valence-electron chi connectivity index (χ0n) is 13.8. The van der Waals surface area contributed by atoms with Gasteiger partial charge in [-0.05, 0) is 30.8 Å². The monoisotopic (exact) mass is 334 g/mol. The largest absolute Gasteiger partial charge is 0.467 e. The number of methoxy groups -OCH3 is 2. The number of esters is 2. The minimum Gasteiger partial charge on any atom is -0.467 e. The Hall–Kier alpha value is -1.44. The van der Waals surface area contributed by atoms with Crippen LogP contribution in [0, 0.1) is 5.92 Å². The number of amides is 2. The van der Waals surface area contributed by atoms with Crippen molar-refractivity contribution in [3.05, 3.63) is 0 Å². The SMILES string of the molecule is COC(=O)[C@H](CCSC)NC(=O)N[C@@H](CC(C)C)C(=O)OC. The zero-order chi connectivity index (χ0) is 17.1. The molecule has 0 saturated heterocycles. The first-order valence-electron chi connectivity index (χ1n) is 7.07. The highest BCUT2D eigenvalue weighted by molar-refractivity contribution is 7.98. The van der Waals surface area contributed by atoms with Gasteiger partial charge in [0, 0.05) is 0 Å².